The first kappa shape index (κ1) is 113. The minimum Gasteiger partial charge on any atom is -0.490 e. The molecule has 17 nitrogen and oxygen atoms in total. The Bertz CT molecular complexity index is 2610. The third-order valence-corrected chi connectivity index (χ3v) is 24.3. The quantitative estimate of drug-likeness (QED) is 0.0181. The zero-order valence-electron chi connectivity index (χ0n) is 78.3. The Morgan fingerprint density at radius 3 is 0.817 bits per heavy atom. The van der Waals surface area contributed by atoms with Gasteiger partial charge >= 0.3 is 29.8 Å². The summed E-state index contributed by atoms with van der Waals surface area (Å²) in [5.41, 5.74) is -1.01. The smallest absolute Gasteiger partial charge is 0.330 e. The minimum absolute atomic E-state index is 0.00231. The molecule has 0 heterocycles. The maximum atomic E-state index is 12.8. The third-order valence-electron chi connectivity index (χ3n) is 24.3. The van der Waals surface area contributed by atoms with Crippen molar-refractivity contribution in [2.24, 2.45) is 23.7 Å². The van der Waals surface area contributed by atoms with E-state index in [1.165, 1.54) is 309 Å². The number of aliphatic hydroxyl groups is 1. The molecular weight excluding hydrogens is 1510 g/mol. The summed E-state index contributed by atoms with van der Waals surface area (Å²) in [6.45, 7) is 17.6. The van der Waals surface area contributed by atoms with Crippen LogP contribution in [0.2, 0.25) is 0 Å². The fourth-order valence-electron chi connectivity index (χ4n) is 16.8. The van der Waals surface area contributed by atoms with Crippen molar-refractivity contribution < 1.29 is 71.9 Å². The van der Waals surface area contributed by atoms with Crippen molar-refractivity contribution >= 4 is 47.4 Å². The molecule has 17 heteroatoms. The van der Waals surface area contributed by atoms with Crippen LogP contribution in [0.3, 0.4) is 0 Å². The molecule has 0 saturated carbocycles. The van der Waals surface area contributed by atoms with Gasteiger partial charge in [0.15, 0.2) is 5.78 Å². The van der Waals surface area contributed by atoms with Gasteiger partial charge in [-0.15, -0.1) is 0 Å². The first-order valence-electron chi connectivity index (χ1n) is 50.4. The highest BCUT2D eigenvalue weighted by Crippen LogP contribution is 2.36. The number of benzene rings is 1. The van der Waals surface area contributed by atoms with E-state index < -0.39 is 11.6 Å². The van der Waals surface area contributed by atoms with Gasteiger partial charge in [-0.3, -0.25) is 33.6 Å². The number of carbonyl (C=O) groups excluding carboxylic acids is 8. The third kappa shape index (κ3) is 72.0. The monoisotopic (exact) mass is 1690 g/mol. The van der Waals surface area contributed by atoms with E-state index in [4.69, 9.17) is 28.4 Å². The second kappa shape index (κ2) is 83.2. The Morgan fingerprint density at radius 1 is 0.308 bits per heavy atom. The van der Waals surface area contributed by atoms with Crippen LogP contribution < -0.4 is 15.4 Å². The lowest BCUT2D eigenvalue weighted by Crippen LogP contribution is -2.34. The standard InChI is InChI=1S/C103H184N2O15/c1-8-13-17-21-33-47-63-89(91(65-49-35-23-19-15-10-3)69-53-39-27-31-43-57-73-98(109)116-83-61-45-59-75-99(110)117-84-62-46-60-76-101(112)120-88-87-118-97(108)12-5)67-51-37-25-29-41-55-71-95(106)104-81-82-105-96(107)72-56-42-30-26-38-52-68-90(64-48-34-22-18-14-9-2)92(66-50-36-24-20-16-11-4)70-54-40-28-32-44-58-74-100(111)119-86-85-115-94-79-77-93(78-80-94)102(113)103(6,7)114/h12,77-80,89-92,114H,5,8-11,13-76,81-88H2,1-4,6-7H3,(H,104,106)(H,105,107). The van der Waals surface area contributed by atoms with Gasteiger partial charge in [-0.1, -0.05) is 368 Å². The molecule has 0 fully saturated rings. The highest BCUT2D eigenvalue weighted by molar-refractivity contribution is 6.01. The lowest BCUT2D eigenvalue weighted by atomic mass is 9.78. The fourth-order valence-corrected chi connectivity index (χ4v) is 16.8. The number of nitrogens with one attached hydrogen (secondary N) is 2. The van der Waals surface area contributed by atoms with Crippen molar-refractivity contribution in [2.75, 3.05) is 52.7 Å². The molecule has 0 aromatic heterocycles. The molecule has 1 aromatic rings. The first-order chi connectivity index (χ1) is 58.5. The van der Waals surface area contributed by atoms with Gasteiger partial charge in [0, 0.05) is 63.3 Å². The molecule has 0 aliphatic rings. The van der Waals surface area contributed by atoms with Crippen molar-refractivity contribution in [1.29, 1.82) is 0 Å². The van der Waals surface area contributed by atoms with Crippen molar-refractivity contribution in [1.82, 2.24) is 10.6 Å². The molecule has 0 aliphatic carbocycles. The number of rotatable bonds is 91. The molecule has 3 N–H and O–H groups in total. The molecule has 0 spiro atoms. The average Bonchev–Trinajstić information content (AvgIpc) is 0.850. The predicted molar refractivity (Wildman–Crippen MR) is 494 cm³/mol. The maximum absolute atomic E-state index is 12.8. The van der Waals surface area contributed by atoms with Crippen LogP contribution in [0.1, 0.15) is 489 Å². The van der Waals surface area contributed by atoms with Gasteiger partial charge in [-0.25, -0.2) is 4.79 Å². The first-order valence-corrected chi connectivity index (χ1v) is 50.4. The zero-order chi connectivity index (χ0) is 87.5. The van der Waals surface area contributed by atoms with Crippen LogP contribution in [-0.2, 0) is 57.2 Å². The summed E-state index contributed by atoms with van der Waals surface area (Å²) in [5, 5.41) is 16.1. The van der Waals surface area contributed by atoms with E-state index in [1.807, 2.05) is 0 Å². The van der Waals surface area contributed by atoms with Crippen LogP contribution in [0, 0.1) is 23.7 Å². The van der Waals surface area contributed by atoms with E-state index in [0.717, 1.165) is 113 Å². The summed E-state index contributed by atoms with van der Waals surface area (Å²) < 4.78 is 31.8. The number of Topliss-reactive ketones (excluding diaryl/α,β-unsaturated/α-hetero) is 1. The number of hydrogen-bond donors (Lipinski definition) is 3. The Hall–Kier alpha value is -5.32. The Kier molecular flexibility index (Phi) is 78.2. The van der Waals surface area contributed by atoms with E-state index in [1.54, 1.807) is 24.3 Å². The van der Waals surface area contributed by atoms with Crippen LogP contribution in [-0.4, -0.2) is 111 Å². The normalized spacial score (nSPS) is 12.5. The molecular formula is C103H184N2O15. The molecule has 0 saturated heterocycles. The SMILES string of the molecule is C=CC(=O)OCCOC(=O)CCCCCOC(=O)CCCCCOC(=O)CCCCCCCCC(CCCCCCCC)C(CCCCCCCC)CCCCCCCCC(=O)NCCNC(=O)CCCCCCCCC(CCCCCCCC)C(CCCCCCCC)CCCCCCCCC(=O)OCCOc1ccc(C(=O)C(C)(C)O)cc1. The van der Waals surface area contributed by atoms with Crippen LogP contribution in [0.15, 0.2) is 36.9 Å². The van der Waals surface area contributed by atoms with Crippen LogP contribution >= 0.6 is 0 Å². The Balaban J connectivity index is 2.43. The Labute approximate surface area is 734 Å². The van der Waals surface area contributed by atoms with E-state index >= 15 is 0 Å². The van der Waals surface area contributed by atoms with Gasteiger partial charge in [0.25, 0.3) is 0 Å². The highest BCUT2D eigenvalue weighted by atomic mass is 16.6. The summed E-state index contributed by atoms with van der Waals surface area (Å²) in [5.74, 6) is 2.23. The molecule has 4 unspecified atom stereocenters. The maximum Gasteiger partial charge on any atom is 0.330 e. The van der Waals surface area contributed by atoms with Gasteiger partial charge < -0.3 is 44.2 Å². The number of ether oxygens (including phenoxy) is 6. The average molecular weight is 1690 g/mol. The number of esters is 5. The van der Waals surface area contributed by atoms with Gasteiger partial charge in [-0.05, 0) is 126 Å². The molecule has 0 radical (unpaired) electrons. The van der Waals surface area contributed by atoms with Crippen LogP contribution in [0.5, 0.6) is 5.75 Å². The second-order valence-corrected chi connectivity index (χ2v) is 35.7. The van der Waals surface area contributed by atoms with E-state index in [2.05, 4.69) is 44.9 Å². The van der Waals surface area contributed by atoms with E-state index in [-0.39, 0.29) is 74.3 Å². The summed E-state index contributed by atoms with van der Waals surface area (Å²) in [6, 6.07) is 6.65. The second-order valence-electron chi connectivity index (χ2n) is 35.7. The molecule has 2 amide bonds. The number of amides is 2. The van der Waals surface area contributed by atoms with Gasteiger partial charge in [0.1, 0.15) is 37.8 Å². The molecule has 0 bridgehead atoms. The molecule has 1 aromatic carbocycles. The molecule has 0 aliphatic heterocycles. The van der Waals surface area contributed by atoms with Crippen molar-refractivity contribution in [3.63, 3.8) is 0 Å². The Morgan fingerprint density at radius 2 is 0.542 bits per heavy atom. The van der Waals surface area contributed by atoms with Crippen LogP contribution in [0.4, 0.5) is 0 Å². The summed E-state index contributed by atoms with van der Waals surface area (Å²) in [4.78, 5) is 98.0. The van der Waals surface area contributed by atoms with Crippen molar-refractivity contribution in [3.8, 4) is 5.75 Å². The highest BCUT2D eigenvalue weighted by Gasteiger charge is 2.26. The van der Waals surface area contributed by atoms with E-state index in [9.17, 15) is 43.5 Å². The molecule has 1 rings (SSSR count). The predicted octanol–water partition coefficient (Wildman–Crippen LogP) is 27.2. The number of carbonyl (C=O) groups is 8. The van der Waals surface area contributed by atoms with Crippen molar-refractivity contribution in [3.05, 3.63) is 42.5 Å². The topological polar surface area (TPSA) is 236 Å². The van der Waals surface area contributed by atoms with E-state index in [0.29, 0.717) is 89.0 Å². The van der Waals surface area contributed by atoms with Gasteiger partial charge in [0.05, 0.1) is 13.2 Å². The largest absolute Gasteiger partial charge is 0.490 e. The fraction of sp³-hybridized carbons (Fsp3) is 0.845. The number of hydrogen-bond acceptors (Lipinski definition) is 15. The van der Waals surface area contributed by atoms with Crippen molar-refractivity contribution in [2.45, 2.75) is 484 Å². The summed E-state index contributed by atoms with van der Waals surface area (Å²) >= 11 is 0. The molecule has 4 atom stereocenters. The molecule has 120 heavy (non-hydrogen) atoms. The number of unbranched alkanes of at least 4 members (excludes halogenated alkanes) is 44. The van der Waals surface area contributed by atoms with Crippen LogP contribution in [0.25, 0.3) is 0 Å². The number of ketones is 1. The van der Waals surface area contributed by atoms with Gasteiger partial charge in [0.2, 0.25) is 11.8 Å². The summed E-state index contributed by atoms with van der Waals surface area (Å²) in [6.07, 6.45) is 78.9. The molecule has 696 valence electrons. The minimum atomic E-state index is -1.43. The summed E-state index contributed by atoms with van der Waals surface area (Å²) in [7, 11) is 0. The lowest BCUT2D eigenvalue weighted by molar-refractivity contribution is -0.149. The zero-order valence-corrected chi connectivity index (χ0v) is 78.3. The van der Waals surface area contributed by atoms with Gasteiger partial charge in [-0.2, -0.15) is 0 Å². The lowest BCUT2D eigenvalue weighted by Gasteiger charge is -2.28.